The summed E-state index contributed by atoms with van der Waals surface area (Å²) >= 11 is 0. The van der Waals surface area contributed by atoms with Crippen LogP contribution in [-0.4, -0.2) is 94.9 Å². The predicted molar refractivity (Wildman–Crippen MR) is 99.9 cm³/mol. The molecule has 0 aliphatic carbocycles. The van der Waals surface area contributed by atoms with Crippen LogP contribution in [0.15, 0.2) is 24.4 Å². The summed E-state index contributed by atoms with van der Waals surface area (Å²) in [5.74, 6) is 0.0528. The Morgan fingerprint density at radius 3 is 2.41 bits per heavy atom. The number of carbonyl (C=O) groups excluding carboxylic acids is 2. The molecule has 0 saturated carbocycles. The van der Waals surface area contributed by atoms with Crippen molar-refractivity contribution in [2.24, 2.45) is 0 Å². The van der Waals surface area contributed by atoms with E-state index in [9.17, 15) is 9.59 Å². The van der Waals surface area contributed by atoms with Gasteiger partial charge in [0.05, 0.1) is 18.7 Å². The lowest BCUT2D eigenvalue weighted by molar-refractivity contribution is 0.0300. The highest BCUT2D eigenvalue weighted by molar-refractivity contribution is 6.02. The number of ether oxygens (including phenoxy) is 1. The van der Waals surface area contributed by atoms with Gasteiger partial charge in [0.1, 0.15) is 0 Å². The number of hydrogen-bond acceptors (Lipinski definition) is 5. The predicted octanol–water partition coefficient (Wildman–Crippen LogP) is 0.584. The summed E-state index contributed by atoms with van der Waals surface area (Å²) in [5, 5.41) is 0. The van der Waals surface area contributed by atoms with Gasteiger partial charge in [-0.05, 0) is 18.7 Å². The van der Waals surface area contributed by atoms with E-state index in [0.717, 1.165) is 19.6 Å². The van der Waals surface area contributed by atoms with E-state index >= 15 is 0 Å². The second-order valence-electron chi connectivity index (χ2n) is 6.87. The molecule has 2 aromatic heterocycles. The molecule has 144 valence electrons. The molecule has 8 heteroatoms. The molecule has 2 fully saturated rings. The number of imidazole rings is 1. The number of amides is 2. The number of morpholine rings is 1. The molecule has 0 bridgehead atoms. The van der Waals surface area contributed by atoms with Gasteiger partial charge in [-0.15, -0.1) is 0 Å². The van der Waals surface area contributed by atoms with Gasteiger partial charge in [0, 0.05) is 45.5 Å². The van der Waals surface area contributed by atoms with E-state index in [0.29, 0.717) is 56.4 Å². The zero-order chi connectivity index (χ0) is 18.8. The summed E-state index contributed by atoms with van der Waals surface area (Å²) < 4.78 is 7.07. The number of pyridine rings is 1. The molecule has 0 radical (unpaired) electrons. The highest BCUT2D eigenvalue weighted by Gasteiger charge is 2.29. The van der Waals surface area contributed by atoms with E-state index in [1.165, 1.54) is 0 Å². The Hall–Kier alpha value is -2.45. The number of likely N-dealkylation sites (N-methyl/N-ethyl adjacent to an activating group) is 1. The van der Waals surface area contributed by atoms with Crippen LogP contribution in [0.2, 0.25) is 0 Å². The molecule has 0 N–H and O–H groups in total. The quantitative estimate of drug-likeness (QED) is 0.790. The van der Waals surface area contributed by atoms with Crippen molar-refractivity contribution in [2.45, 2.75) is 6.92 Å². The third kappa shape index (κ3) is 3.42. The number of fused-ring (bicyclic) bond motifs is 1. The fourth-order valence-corrected chi connectivity index (χ4v) is 3.67. The third-order valence-electron chi connectivity index (χ3n) is 5.35. The first-order valence-electron chi connectivity index (χ1n) is 9.54. The number of carbonyl (C=O) groups is 2. The fourth-order valence-electron chi connectivity index (χ4n) is 3.67. The van der Waals surface area contributed by atoms with Crippen molar-refractivity contribution in [3.63, 3.8) is 0 Å². The Labute approximate surface area is 158 Å². The number of aromatic nitrogens is 2. The minimum Gasteiger partial charge on any atom is -0.378 e. The van der Waals surface area contributed by atoms with E-state index in [1.54, 1.807) is 15.5 Å². The number of nitrogens with zero attached hydrogens (tertiary/aromatic N) is 5. The summed E-state index contributed by atoms with van der Waals surface area (Å²) in [5.41, 5.74) is 1.01. The number of rotatable bonds is 3. The van der Waals surface area contributed by atoms with Crippen LogP contribution < -0.4 is 0 Å². The van der Waals surface area contributed by atoms with E-state index < -0.39 is 0 Å². The van der Waals surface area contributed by atoms with Gasteiger partial charge in [-0.3, -0.25) is 14.0 Å². The molecule has 4 rings (SSSR count). The van der Waals surface area contributed by atoms with Gasteiger partial charge in [-0.2, -0.15) is 0 Å². The van der Waals surface area contributed by atoms with Crippen LogP contribution >= 0.6 is 0 Å². The molecule has 0 aromatic carbocycles. The molecule has 0 atom stereocenters. The first kappa shape index (κ1) is 17.9. The average molecular weight is 371 g/mol. The zero-order valence-electron chi connectivity index (χ0n) is 15.6. The van der Waals surface area contributed by atoms with Gasteiger partial charge >= 0.3 is 0 Å². The monoisotopic (exact) mass is 371 g/mol. The van der Waals surface area contributed by atoms with Crippen LogP contribution in [0.3, 0.4) is 0 Å². The van der Waals surface area contributed by atoms with Crippen LogP contribution in [0.4, 0.5) is 0 Å². The van der Waals surface area contributed by atoms with Gasteiger partial charge in [0.25, 0.3) is 11.8 Å². The van der Waals surface area contributed by atoms with E-state index in [2.05, 4.69) is 16.8 Å². The maximum absolute atomic E-state index is 13.1. The standard InChI is InChI=1S/C19H25N5O3/c1-2-21-7-9-22(10-8-21)19(26)17-20-16(15-5-3-4-6-24(15)17)18(25)23-11-13-27-14-12-23/h3-6H,2,7-14H2,1H3. The topological polar surface area (TPSA) is 70.4 Å². The molecular weight excluding hydrogens is 346 g/mol. The molecule has 2 aromatic rings. The molecule has 2 saturated heterocycles. The average Bonchev–Trinajstić information content (AvgIpc) is 3.13. The van der Waals surface area contributed by atoms with Crippen LogP contribution in [-0.2, 0) is 4.74 Å². The molecule has 2 aliphatic rings. The summed E-state index contributed by atoms with van der Waals surface area (Å²) in [6.45, 7) is 8.38. The molecule has 0 spiro atoms. The first-order valence-corrected chi connectivity index (χ1v) is 9.54. The summed E-state index contributed by atoms with van der Waals surface area (Å²) in [6, 6.07) is 5.55. The largest absolute Gasteiger partial charge is 0.378 e. The number of piperazine rings is 1. The summed E-state index contributed by atoms with van der Waals surface area (Å²) in [7, 11) is 0. The van der Waals surface area contributed by atoms with Gasteiger partial charge in [-0.25, -0.2) is 4.98 Å². The molecular formula is C19H25N5O3. The molecule has 27 heavy (non-hydrogen) atoms. The Balaban J connectivity index is 1.63. The van der Waals surface area contributed by atoms with Crippen LogP contribution in [0, 0.1) is 0 Å². The van der Waals surface area contributed by atoms with Crippen LogP contribution in [0.1, 0.15) is 28.0 Å². The maximum atomic E-state index is 13.1. The van der Waals surface area contributed by atoms with Crippen molar-refractivity contribution in [2.75, 3.05) is 59.0 Å². The van der Waals surface area contributed by atoms with Crippen molar-refractivity contribution in [1.82, 2.24) is 24.1 Å². The lowest BCUT2D eigenvalue weighted by Crippen LogP contribution is -2.48. The van der Waals surface area contributed by atoms with Gasteiger partial charge in [0.2, 0.25) is 5.82 Å². The Morgan fingerprint density at radius 1 is 1.00 bits per heavy atom. The molecule has 4 heterocycles. The number of hydrogen-bond donors (Lipinski definition) is 0. The fraction of sp³-hybridized carbons (Fsp3) is 0.526. The normalized spacial score (nSPS) is 18.9. The van der Waals surface area contributed by atoms with Crippen molar-refractivity contribution in [3.05, 3.63) is 35.9 Å². The molecule has 8 nitrogen and oxygen atoms in total. The van der Waals surface area contributed by atoms with E-state index in [1.807, 2.05) is 23.1 Å². The summed E-state index contributed by atoms with van der Waals surface area (Å²) in [4.78, 5) is 36.5. The van der Waals surface area contributed by atoms with Crippen molar-refractivity contribution in [1.29, 1.82) is 0 Å². The zero-order valence-corrected chi connectivity index (χ0v) is 15.6. The maximum Gasteiger partial charge on any atom is 0.290 e. The minimum absolute atomic E-state index is 0.118. The van der Waals surface area contributed by atoms with E-state index in [-0.39, 0.29) is 11.8 Å². The van der Waals surface area contributed by atoms with E-state index in [4.69, 9.17) is 4.74 Å². The summed E-state index contributed by atoms with van der Waals surface area (Å²) in [6.07, 6.45) is 1.80. The van der Waals surface area contributed by atoms with Gasteiger partial charge < -0.3 is 19.4 Å². The highest BCUT2D eigenvalue weighted by Crippen LogP contribution is 2.18. The van der Waals surface area contributed by atoms with Crippen LogP contribution in [0.25, 0.3) is 5.52 Å². The van der Waals surface area contributed by atoms with Crippen molar-refractivity contribution >= 4 is 17.3 Å². The van der Waals surface area contributed by atoms with Gasteiger partial charge in [-0.1, -0.05) is 13.0 Å². The second-order valence-corrected chi connectivity index (χ2v) is 6.87. The molecule has 2 aliphatic heterocycles. The minimum atomic E-state index is -0.142. The Kier molecular flexibility index (Phi) is 5.09. The Bertz CT molecular complexity index is 835. The van der Waals surface area contributed by atoms with Crippen molar-refractivity contribution in [3.8, 4) is 0 Å². The third-order valence-corrected chi connectivity index (χ3v) is 5.35. The Morgan fingerprint density at radius 2 is 1.70 bits per heavy atom. The van der Waals surface area contributed by atoms with Gasteiger partial charge in [0.15, 0.2) is 5.69 Å². The smallest absolute Gasteiger partial charge is 0.290 e. The lowest BCUT2D eigenvalue weighted by Gasteiger charge is -2.33. The SMILES string of the molecule is CCN1CCN(C(=O)c2nc(C(=O)N3CCOCC3)c3ccccn23)CC1. The van der Waals surface area contributed by atoms with Crippen LogP contribution in [0.5, 0.6) is 0 Å². The lowest BCUT2D eigenvalue weighted by atomic mass is 10.3. The van der Waals surface area contributed by atoms with Crippen molar-refractivity contribution < 1.29 is 14.3 Å². The first-order chi connectivity index (χ1) is 13.2. The molecule has 0 unspecified atom stereocenters. The second kappa shape index (κ2) is 7.66. The molecule has 2 amide bonds. The highest BCUT2D eigenvalue weighted by atomic mass is 16.5.